The number of imidazole rings is 1. The van der Waals surface area contributed by atoms with Crippen molar-refractivity contribution in [2.45, 2.75) is 37.8 Å². The number of aromatic nitrogens is 3. The van der Waals surface area contributed by atoms with Crippen LogP contribution in [0.2, 0.25) is 0 Å². The molecule has 1 aliphatic carbocycles. The number of nitrogens with one attached hydrogen (secondary N) is 2. The zero-order chi connectivity index (χ0) is 22.0. The van der Waals surface area contributed by atoms with E-state index in [4.69, 9.17) is 25.9 Å². The Morgan fingerprint density at radius 3 is 2.52 bits per heavy atom. The normalized spacial score (nSPS) is 18.5. The van der Waals surface area contributed by atoms with Gasteiger partial charge in [-0.05, 0) is 12.8 Å². The number of amides is 1. The summed E-state index contributed by atoms with van der Waals surface area (Å²) >= 11 is 0. The number of methoxy groups -OCH3 is 2. The van der Waals surface area contributed by atoms with E-state index in [2.05, 4.69) is 15.6 Å². The highest BCUT2D eigenvalue weighted by molar-refractivity contribution is 6.04. The maximum Gasteiger partial charge on any atom is 0.256 e. The molecule has 164 valence electrons. The monoisotopic (exact) mass is 425 g/mol. The summed E-state index contributed by atoms with van der Waals surface area (Å²) < 4.78 is 12.4. The first kappa shape index (κ1) is 20.7. The second-order valence-corrected chi connectivity index (χ2v) is 7.57. The van der Waals surface area contributed by atoms with E-state index in [0.29, 0.717) is 28.8 Å². The molecular weight excluding hydrogens is 398 g/mol. The average Bonchev–Trinajstić information content (AvgIpc) is 3.24. The summed E-state index contributed by atoms with van der Waals surface area (Å²) in [6.07, 6.45) is 7.48. The molecule has 6 N–H and O–H groups in total. The number of nitrogens with zero attached hydrogens (tertiary/aromatic N) is 3. The standard InChI is InChI=1S/C21H27N7O3/c1-30-13-9-12(10-14(11-13)31-2)25-19-17(18(23)29)20-24-7-8-28(20)21(27-19)26-16-6-4-3-5-15(16)22/h7-11,15-16,25H,3-6,22H2,1-2H3,(H2,23,29)(H,26,27)/t15-,16+/m1/s1. The SMILES string of the molecule is COc1cc(Nc2nc(N[C@H]3CCCC[C@H]3N)n3ccnc3c2C(N)=O)cc(OC)c1. The molecule has 0 aliphatic heterocycles. The van der Waals surface area contributed by atoms with Gasteiger partial charge in [0.1, 0.15) is 17.1 Å². The molecule has 0 spiro atoms. The Labute approximate surface area is 179 Å². The first-order chi connectivity index (χ1) is 15.0. The Morgan fingerprint density at radius 2 is 1.87 bits per heavy atom. The summed E-state index contributed by atoms with van der Waals surface area (Å²) in [5.41, 5.74) is 13.2. The van der Waals surface area contributed by atoms with Crippen molar-refractivity contribution < 1.29 is 14.3 Å². The van der Waals surface area contributed by atoms with Gasteiger partial charge >= 0.3 is 0 Å². The molecule has 0 saturated heterocycles. The third-order valence-electron chi connectivity index (χ3n) is 5.54. The molecule has 2 atom stereocenters. The van der Waals surface area contributed by atoms with E-state index in [1.807, 2.05) is 0 Å². The lowest BCUT2D eigenvalue weighted by atomic mass is 9.91. The number of carbonyl (C=O) groups is 1. The fourth-order valence-corrected chi connectivity index (χ4v) is 3.92. The summed E-state index contributed by atoms with van der Waals surface area (Å²) in [7, 11) is 3.13. The molecule has 1 amide bonds. The second kappa shape index (κ2) is 8.68. The van der Waals surface area contributed by atoms with Gasteiger partial charge in [0.15, 0.2) is 11.5 Å². The largest absolute Gasteiger partial charge is 0.497 e. The third kappa shape index (κ3) is 4.19. The van der Waals surface area contributed by atoms with Crippen molar-refractivity contribution in [3.8, 4) is 11.5 Å². The van der Waals surface area contributed by atoms with Gasteiger partial charge in [0, 0.05) is 48.4 Å². The third-order valence-corrected chi connectivity index (χ3v) is 5.54. The van der Waals surface area contributed by atoms with Gasteiger partial charge in [-0.25, -0.2) is 4.98 Å². The van der Waals surface area contributed by atoms with E-state index in [0.717, 1.165) is 25.7 Å². The summed E-state index contributed by atoms with van der Waals surface area (Å²) in [5.74, 6) is 1.37. The van der Waals surface area contributed by atoms with Crippen LogP contribution in [-0.2, 0) is 0 Å². The molecule has 2 heterocycles. The van der Waals surface area contributed by atoms with Gasteiger partial charge in [0.05, 0.1) is 14.2 Å². The van der Waals surface area contributed by atoms with E-state index in [-0.39, 0.29) is 23.5 Å². The van der Waals surface area contributed by atoms with Gasteiger partial charge in [0.25, 0.3) is 5.91 Å². The van der Waals surface area contributed by atoms with Crippen LogP contribution in [0.3, 0.4) is 0 Å². The van der Waals surface area contributed by atoms with Crippen LogP contribution in [0.1, 0.15) is 36.0 Å². The molecule has 0 bridgehead atoms. The number of fused-ring (bicyclic) bond motifs is 1. The van der Waals surface area contributed by atoms with Crippen molar-refractivity contribution in [2.75, 3.05) is 24.9 Å². The molecule has 10 heteroatoms. The fraction of sp³-hybridized carbons (Fsp3) is 0.381. The van der Waals surface area contributed by atoms with Crippen molar-refractivity contribution in [3.05, 3.63) is 36.2 Å². The first-order valence-electron chi connectivity index (χ1n) is 10.2. The average molecular weight is 425 g/mol. The Morgan fingerprint density at radius 1 is 1.16 bits per heavy atom. The zero-order valence-corrected chi connectivity index (χ0v) is 17.6. The van der Waals surface area contributed by atoms with E-state index < -0.39 is 5.91 Å². The van der Waals surface area contributed by atoms with Gasteiger partial charge in [-0.3, -0.25) is 9.20 Å². The van der Waals surface area contributed by atoms with Crippen molar-refractivity contribution in [1.29, 1.82) is 0 Å². The summed E-state index contributed by atoms with van der Waals surface area (Å²) in [6, 6.07) is 5.41. The lowest BCUT2D eigenvalue weighted by molar-refractivity contribution is 0.100. The van der Waals surface area contributed by atoms with E-state index in [9.17, 15) is 4.79 Å². The highest BCUT2D eigenvalue weighted by Crippen LogP contribution is 2.31. The predicted molar refractivity (Wildman–Crippen MR) is 118 cm³/mol. The van der Waals surface area contributed by atoms with Crippen molar-refractivity contribution >= 4 is 29.0 Å². The van der Waals surface area contributed by atoms with Gasteiger partial charge in [-0.15, -0.1) is 0 Å². The fourth-order valence-electron chi connectivity index (χ4n) is 3.92. The second-order valence-electron chi connectivity index (χ2n) is 7.57. The van der Waals surface area contributed by atoms with Crippen LogP contribution in [0.5, 0.6) is 11.5 Å². The van der Waals surface area contributed by atoms with Gasteiger partial charge in [-0.2, -0.15) is 4.98 Å². The Balaban J connectivity index is 1.78. The maximum atomic E-state index is 12.3. The van der Waals surface area contributed by atoms with Crippen LogP contribution in [0.25, 0.3) is 5.65 Å². The molecule has 4 rings (SSSR count). The van der Waals surface area contributed by atoms with Crippen LogP contribution < -0.4 is 31.6 Å². The van der Waals surface area contributed by atoms with Crippen LogP contribution >= 0.6 is 0 Å². The first-order valence-corrected chi connectivity index (χ1v) is 10.2. The minimum Gasteiger partial charge on any atom is -0.497 e. The van der Waals surface area contributed by atoms with Crippen LogP contribution in [0.4, 0.5) is 17.5 Å². The molecular formula is C21H27N7O3. The topological polar surface area (TPSA) is 142 Å². The Kier molecular flexibility index (Phi) is 5.81. The predicted octanol–water partition coefficient (Wildman–Crippen LogP) is 2.27. The highest BCUT2D eigenvalue weighted by Gasteiger charge is 2.25. The van der Waals surface area contributed by atoms with Crippen LogP contribution in [-0.4, -0.2) is 46.6 Å². The summed E-state index contributed by atoms with van der Waals surface area (Å²) in [6.45, 7) is 0. The minimum atomic E-state index is -0.637. The summed E-state index contributed by atoms with van der Waals surface area (Å²) in [5, 5.41) is 6.62. The van der Waals surface area contributed by atoms with Gasteiger partial charge in [-0.1, -0.05) is 12.8 Å². The lowest BCUT2D eigenvalue weighted by Gasteiger charge is -2.30. The highest BCUT2D eigenvalue weighted by atomic mass is 16.5. The molecule has 31 heavy (non-hydrogen) atoms. The molecule has 3 aromatic rings. The molecule has 1 aliphatic rings. The van der Waals surface area contributed by atoms with E-state index >= 15 is 0 Å². The zero-order valence-electron chi connectivity index (χ0n) is 17.6. The van der Waals surface area contributed by atoms with E-state index in [1.165, 1.54) is 0 Å². The lowest BCUT2D eigenvalue weighted by Crippen LogP contribution is -2.43. The van der Waals surface area contributed by atoms with Crippen LogP contribution in [0, 0.1) is 0 Å². The minimum absolute atomic E-state index is 0.0315. The number of ether oxygens (including phenoxy) is 2. The Hall–Kier alpha value is -3.53. The molecule has 0 unspecified atom stereocenters. The van der Waals surface area contributed by atoms with Gasteiger partial charge < -0.3 is 31.6 Å². The quantitative estimate of drug-likeness (QED) is 0.452. The molecule has 1 aromatic carbocycles. The number of carbonyl (C=O) groups excluding carboxylic acids is 1. The van der Waals surface area contributed by atoms with Gasteiger partial charge in [0.2, 0.25) is 5.95 Å². The molecule has 10 nitrogen and oxygen atoms in total. The van der Waals surface area contributed by atoms with Crippen LogP contribution in [0.15, 0.2) is 30.6 Å². The Bertz CT molecular complexity index is 1080. The van der Waals surface area contributed by atoms with Crippen molar-refractivity contribution in [3.63, 3.8) is 0 Å². The number of rotatable bonds is 7. The number of hydrogen-bond donors (Lipinski definition) is 4. The number of nitrogens with two attached hydrogens (primary N) is 2. The smallest absolute Gasteiger partial charge is 0.256 e. The number of primary amides is 1. The number of hydrogen-bond acceptors (Lipinski definition) is 8. The van der Waals surface area contributed by atoms with Crippen molar-refractivity contribution in [1.82, 2.24) is 14.4 Å². The molecule has 1 saturated carbocycles. The van der Waals surface area contributed by atoms with E-state index in [1.54, 1.807) is 49.2 Å². The van der Waals surface area contributed by atoms with Crippen molar-refractivity contribution in [2.24, 2.45) is 11.5 Å². The molecule has 2 aromatic heterocycles. The maximum absolute atomic E-state index is 12.3. The number of benzene rings is 1. The molecule has 0 radical (unpaired) electrons. The number of anilines is 3. The molecule has 1 fully saturated rings. The summed E-state index contributed by atoms with van der Waals surface area (Å²) in [4.78, 5) is 21.4.